The first-order valence-corrected chi connectivity index (χ1v) is 10.8. The van der Waals surface area contributed by atoms with E-state index in [1.165, 1.54) is 16.4 Å². The second-order valence-electron chi connectivity index (χ2n) is 6.78. The van der Waals surface area contributed by atoms with Crippen molar-refractivity contribution >= 4 is 10.0 Å². The molecule has 0 radical (unpaired) electrons. The lowest BCUT2D eigenvalue weighted by Crippen LogP contribution is -2.29. The fraction of sp³-hybridized carbons (Fsp3) is 0.300. The summed E-state index contributed by atoms with van der Waals surface area (Å²) in [5.74, 6) is -0.644. The Morgan fingerprint density at radius 3 is 2.72 bits per heavy atom. The van der Waals surface area contributed by atoms with Crippen LogP contribution in [0.2, 0.25) is 0 Å². The molecule has 1 unspecified atom stereocenters. The van der Waals surface area contributed by atoms with Crippen LogP contribution in [0.4, 0.5) is 4.39 Å². The highest BCUT2D eigenvalue weighted by atomic mass is 32.2. The summed E-state index contributed by atoms with van der Waals surface area (Å²) in [5, 5.41) is 8.38. The molecule has 0 aliphatic carbocycles. The van der Waals surface area contributed by atoms with E-state index in [1.54, 1.807) is 11.6 Å². The Bertz CT molecular complexity index is 1100. The van der Waals surface area contributed by atoms with Crippen molar-refractivity contribution in [3.8, 4) is 17.0 Å². The minimum absolute atomic E-state index is 0.0433. The summed E-state index contributed by atoms with van der Waals surface area (Å²) in [5.41, 5.74) is 1.69. The average Bonchev–Trinajstić information content (AvgIpc) is 3.40. The highest BCUT2D eigenvalue weighted by Gasteiger charge is 2.34. The van der Waals surface area contributed by atoms with E-state index in [4.69, 9.17) is 4.74 Å². The largest absolute Gasteiger partial charge is 0.491 e. The number of sulfonamides is 1. The van der Waals surface area contributed by atoms with Crippen molar-refractivity contribution in [1.29, 1.82) is 0 Å². The van der Waals surface area contributed by atoms with E-state index in [0.29, 0.717) is 19.6 Å². The maximum Gasteiger partial charge on any atom is 0.243 e. The summed E-state index contributed by atoms with van der Waals surface area (Å²) in [7, 11) is -3.80. The predicted molar refractivity (Wildman–Crippen MR) is 105 cm³/mol. The maximum atomic E-state index is 14.1. The maximum absolute atomic E-state index is 14.1. The van der Waals surface area contributed by atoms with Gasteiger partial charge < -0.3 is 4.74 Å². The first-order chi connectivity index (χ1) is 14.0. The molecule has 1 fully saturated rings. The molecule has 4 rings (SSSR count). The molecule has 1 aliphatic heterocycles. The summed E-state index contributed by atoms with van der Waals surface area (Å²) in [4.78, 5) is -0.0809. The highest BCUT2D eigenvalue weighted by molar-refractivity contribution is 7.89. The van der Waals surface area contributed by atoms with Crippen molar-refractivity contribution in [2.75, 3.05) is 19.7 Å². The van der Waals surface area contributed by atoms with Crippen molar-refractivity contribution in [2.24, 2.45) is 0 Å². The Hall–Kier alpha value is -2.78. The van der Waals surface area contributed by atoms with Gasteiger partial charge in [0, 0.05) is 18.7 Å². The molecule has 1 saturated heterocycles. The monoisotopic (exact) mass is 416 g/mol. The molecule has 0 N–H and O–H groups in total. The Balaban J connectivity index is 1.51. The number of halogens is 1. The zero-order chi connectivity index (χ0) is 20.4. The lowest BCUT2D eigenvalue weighted by molar-refractivity contribution is 0.321. The number of benzene rings is 2. The third kappa shape index (κ3) is 3.88. The Kier molecular flexibility index (Phi) is 5.33. The van der Waals surface area contributed by atoms with Gasteiger partial charge in [-0.05, 0) is 31.5 Å². The number of hydrogen-bond donors (Lipinski definition) is 0. The Morgan fingerprint density at radius 2 is 2.00 bits per heavy atom. The molecule has 152 valence electrons. The van der Waals surface area contributed by atoms with E-state index < -0.39 is 15.8 Å². The number of aromatic nitrogens is 3. The molecule has 0 saturated carbocycles. The third-order valence-electron chi connectivity index (χ3n) is 4.92. The molecule has 3 aromatic rings. The number of hydrogen-bond acceptors (Lipinski definition) is 5. The molecule has 1 aliphatic rings. The van der Waals surface area contributed by atoms with Crippen LogP contribution < -0.4 is 4.74 Å². The fourth-order valence-electron chi connectivity index (χ4n) is 3.40. The third-order valence-corrected chi connectivity index (χ3v) is 6.78. The summed E-state index contributed by atoms with van der Waals surface area (Å²) in [6.45, 7) is 2.64. The van der Waals surface area contributed by atoms with Crippen LogP contribution in [0.15, 0.2) is 59.6 Å². The van der Waals surface area contributed by atoms with Gasteiger partial charge in [-0.15, -0.1) is 5.10 Å². The van der Waals surface area contributed by atoms with E-state index in [-0.39, 0.29) is 23.2 Å². The minimum atomic E-state index is -3.80. The average molecular weight is 416 g/mol. The summed E-state index contributed by atoms with van der Waals surface area (Å²) in [6, 6.07) is 13.3. The van der Waals surface area contributed by atoms with Crippen molar-refractivity contribution in [3.05, 3.63) is 60.5 Å². The smallest absolute Gasteiger partial charge is 0.243 e. The molecule has 2 heterocycles. The molecule has 0 spiro atoms. The predicted octanol–water partition coefficient (Wildman–Crippen LogP) is 3.12. The van der Waals surface area contributed by atoms with Crippen LogP contribution in [0.3, 0.4) is 0 Å². The van der Waals surface area contributed by atoms with Crippen molar-refractivity contribution in [3.63, 3.8) is 0 Å². The van der Waals surface area contributed by atoms with E-state index in [1.807, 2.05) is 36.5 Å². The van der Waals surface area contributed by atoms with Crippen LogP contribution in [0, 0.1) is 5.82 Å². The lowest BCUT2D eigenvalue weighted by atomic mass is 10.2. The molecular formula is C20H21FN4O3S. The molecule has 29 heavy (non-hydrogen) atoms. The molecule has 1 atom stereocenters. The van der Waals surface area contributed by atoms with Crippen LogP contribution in [0.25, 0.3) is 11.3 Å². The van der Waals surface area contributed by atoms with Crippen LogP contribution in [0.1, 0.15) is 19.4 Å². The van der Waals surface area contributed by atoms with E-state index in [9.17, 15) is 12.8 Å². The zero-order valence-corrected chi connectivity index (χ0v) is 16.7. The molecule has 0 bridgehead atoms. The van der Waals surface area contributed by atoms with Crippen LogP contribution in [-0.2, 0) is 10.0 Å². The van der Waals surface area contributed by atoms with Gasteiger partial charge in [0.1, 0.15) is 5.69 Å². The molecular weight excluding hydrogens is 395 g/mol. The second kappa shape index (κ2) is 7.92. The Labute approximate surface area is 168 Å². The topological polar surface area (TPSA) is 77.3 Å². The number of rotatable bonds is 6. The van der Waals surface area contributed by atoms with Crippen LogP contribution >= 0.6 is 0 Å². The van der Waals surface area contributed by atoms with Gasteiger partial charge in [-0.25, -0.2) is 17.5 Å². The van der Waals surface area contributed by atoms with Gasteiger partial charge in [0.2, 0.25) is 10.0 Å². The zero-order valence-electron chi connectivity index (χ0n) is 15.9. The van der Waals surface area contributed by atoms with Gasteiger partial charge in [-0.2, -0.15) is 4.31 Å². The van der Waals surface area contributed by atoms with Gasteiger partial charge in [0.05, 0.1) is 23.7 Å². The quantitative estimate of drug-likeness (QED) is 0.617. The van der Waals surface area contributed by atoms with Crippen LogP contribution in [-0.4, -0.2) is 47.4 Å². The summed E-state index contributed by atoms with van der Waals surface area (Å²) in [6.07, 6.45) is 2.43. The number of nitrogens with zero attached hydrogens (tertiary/aromatic N) is 4. The minimum Gasteiger partial charge on any atom is -0.491 e. The van der Waals surface area contributed by atoms with E-state index in [2.05, 4.69) is 10.3 Å². The fourth-order valence-corrected chi connectivity index (χ4v) is 4.91. The molecule has 2 aromatic carbocycles. The van der Waals surface area contributed by atoms with Crippen molar-refractivity contribution in [2.45, 2.75) is 24.3 Å². The highest BCUT2D eigenvalue weighted by Crippen LogP contribution is 2.29. The SMILES string of the molecule is CCOc1ccc(S(=O)(=O)N2CCC(n3cc(-c4ccccc4)nn3)C2)cc1F. The van der Waals surface area contributed by atoms with Gasteiger partial charge in [-0.1, -0.05) is 35.5 Å². The molecule has 0 amide bonds. The first-order valence-electron chi connectivity index (χ1n) is 9.39. The van der Waals surface area contributed by atoms with E-state index >= 15 is 0 Å². The standard InChI is InChI=1S/C20H21FN4O3S/c1-2-28-20-9-8-17(12-18(20)21)29(26,27)24-11-10-16(13-24)25-14-19(22-23-25)15-6-4-3-5-7-15/h3-9,12,14,16H,2,10-11,13H2,1H3. The van der Waals surface area contributed by atoms with E-state index in [0.717, 1.165) is 17.3 Å². The molecule has 1 aromatic heterocycles. The van der Waals surface area contributed by atoms with Gasteiger partial charge in [0.15, 0.2) is 11.6 Å². The number of ether oxygens (including phenoxy) is 1. The lowest BCUT2D eigenvalue weighted by Gasteiger charge is -2.17. The first kappa shape index (κ1) is 19.5. The molecule has 9 heteroatoms. The summed E-state index contributed by atoms with van der Waals surface area (Å²) >= 11 is 0. The van der Waals surface area contributed by atoms with Gasteiger partial charge in [0.25, 0.3) is 0 Å². The Morgan fingerprint density at radius 1 is 1.21 bits per heavy atom. The van der Waals surface area contributed by atoms with Crippen molar-refractivity contribution in [1.82, 2.24) is 19.3 Å². The molecule has 7 nitrogen and oxygen atoms in total. The summed E-state index contributed by atoms with van der Waals surface area (Å²) < 4.78 is 48.2. The van der Waals surface area contributed by atoms with Crippen LogP contribution in [0.5, 0.6) is 5.75 Å². The van der Waals surface area contributed by atoms with Gasteiger partial charge >= 0.3 is 0 Å². The second-order valence-corrected chi connectivity index (χ2v) is 8.72. The van der Waals surface area contributed by atoms with Gasteiger partial charge in [-0.3, -0.25) is 0 Å². The van der Waals surface area contributed by atoms with Crippen molar-refractivity contribution < 1.29 is 17.5 Å². The normalized spacial score (nSPS) is 17.5.